The summed E-state index contributed by atoms with van der Waals surface area (Å²) < 4.78 is 37.9. The molecule has 2 amide bonds. The third-order valence-electron chi connectivity index (χ3n) is 2.74. The maximum absolute atomic E-state index is 12.6. The summed E-state index contributed by atoms with van der Waals surface area (Å²) in [6, 6.07) is 5.48. The Morgan fingerprint density at radius 2 is 1.86 bits per heavy atom. The predicted molar refractivity (Wildman–Crippen MR) is 76.5 cm³/mol. The molecule has 0 saturated heterocycles. The molecule has 0 fully saturated rings. The molecule has 1 heterocycles. The van der Waals surface area contributed by atoms with Gasteiger partial charge < -0.3 is 10.6 Å². The fourth-order valence-electron chi connectivity index (χ4n) is 1.65. The van der Waals surface area contributed by atoms with Crippen molar-refractivity contribution in [1.82, 2.24) is 10.3 Å². The molecule has 1 aromatic carbocycles. The van der Waals surface area contributed by atoms with E-state index in [1.54, 1.807) is 24.5 Å². The number of amides is 2. The molecule has 22 heavy (non-hydrogen) atoms. The van der Waals surface area contributed by atoms with Crippen molar-refractivity contribution in [3.63, 3.8) is 0 Å². The third kappa shape index (κ3) is 4.36. The third-order valence-corrected chi connectivity index (χ3v) is 3.07. The van der Waals surface area contributed by atoms with Gasteiger partial charge in [-0.25, -0.2) is 4.79 Å². The van der Waals surface area contributed by atoms with Crippen molar-refractivity contribution in [3.8, 4) is 0 Å². The highest BCUT2D eigenvalue weighted by molar-refractivity contribution is 6.33. The zero-order valence-corrected chi connectivity index (χ0v) is 11.9. The zero-order valence-electron chi connectivity index (χ0n) is 11.1. The first-order valence-electron chi connectivity index (χ1n) is 6.17. The van der Waals surface area contributed by atoms with Crippen LogP contribution in [0.3, 0.4) is 0 Å². The van der Waals surface area contributed by atoms with E-state index in [0.29, 0.717) is 0 Å². The van der Waals surface area contributed by atoms with E-state index in [1.807, 2.05) is 0 Å². The first-order chi connectivity index (χ1) is 10.4. The van der Waals surface area contributed by atoms with Crippen molar-refractivity contribution < 1.29 is 18.0 Å². The van der Waals surface area contributed by atoms with Gasteiger partial charge in [-0.1, -0.05) is 11.6 Å². The topological polar surface area (TPSA) is 54.0 Å². The molecule has 4 nitrogen and oxygen atoms in total. The molecule has 116 valence electrons. The number of rotatable bonds is 3. The number of carbonyl (C=O) groups excluding carboxylic acids is 1. The van der Waals surface area contributed by atoms with Crippen LogP contribution in [0, 0.1) is 0 Å². The molecule has 0 aliphatic heterocycles. The Labute approximate surface area is 129 Å². The highest BCUT2D eigenvalue weighted by atomic mass is 35.5. The number of pyridine rings is 1. The lowest BCUT2D eigenvalue weighted by Crippen LogP contribution is -2.28. The maximum Gasteiger partial charge on any atom is 0.416 e. The molecule has 2 aromatic rings. The molecule has 0 radical (unpaired) electrons. The number of urea groups is 1. The van der Waals surface area contributed by atoms with Crippen molar-refractivity contribution in [1.29, 1.82) is 0 Å². The van der Waals surface area contributed by atoms with Crippen LogP contribution in [-0.4, -0.2) is 11.0 Å². The van der Waals surface area contributed by atoms with E-state index < -0.39 is 17.8 Å². The normalized spacial score (nSPS) is 11.1. The summed E-state index contributed by atoms with van der Waals surface area (Å²) in [5.41, 5.74) is -0.189. The van der Waals surface area contributed by atoms with Gasteiger partial charge in [-0.15, -0.1) is 0 Å². The van der Waals surface area contributed by atoms with Crippen molar-refractivity contribution in [2.45, 2.75) is 12.7 Å². The Bertz CT molecular complexity index is 662. The van der Waals surface area contributed by atoms with Crippen molar-refractivity contribution in [2.75, 3.05) is 5.32 Å². The number of anilines is 1. The van der Waals surface area contributed by atoms with Crippen LogP contribution in [-0.2, 0) is 12.7 Å². The summed E-state index contributed by atoms with van der Waals surface area (Å²) >= 11 is 5.79. The molecule has 0 aliphatic carbocycles. The average Bonchev–Trinajstić information content (AvgIpc) is 2.47. The summed E-state index contributed by atoms with van der Waals surface area (Å²) in [5, 5.41) is 4.83. The number of nitrogens with zero attached hydrogens (tertiary/aromatic N) is 1. The second kappa shape index (κ2) is 6.65. The smallest absolute Gasteiger partial charge is 0.334 e. The van der Waals surface area contributed by atoms with Gasteiger partial charge in [0.05, 0.1) is 16.3 Å². The van der Waals surface area contributed by atoms with E-state index in [9.17, 15) is 18.0 Å². The van der Waals surface area contributed by atoms with Gasteiger partial charge in [0.1, 0.15) is 0 Å². The predicted octanol–water partition coefficient (Wildman–Crippen LogP) is 4.08. The number of hydrogen-bond acceptors (Lipinski definition) is 2. The highest BCUT2D eigenvalue weighted by Gasteiger charge is 2.31. The number of alkyl halides is 3. The molecule has 0 aliphatic rings. The van der Waals surface area contributed by atoms with Crippen LogP contribution in [0.2, 0.25) is 5.02 Å². The van der Waals surface area contributed by atoms with Gasteiger partial charge in [0.2, 0.25) is 0 Å². The van der Waals surface area contributed by atoms with Gasteiger partial charge in [0.15, 0.2) is 0 Å². The molecule has 2 rings (SSSR count). The Morgan fingerprint density at radius 3 is 2.50 bits per heavy atom. The summed E-state index contributed by atoms with van der Waals surface area (Å²) in [5.74, 6) is 0. The van der Waals surface area contributed by atoms with Gasteiger partial charge in [-0.2, -0.15) is 13.2 Å². The summed E-state index contributed by atoms with van der Waals surface area (Å²) in [7, 11) is 0. The lowest BCUT2D eigenvalue weighted by molar-refractivity contribution is -0.137. The fourth-order valence-corrected chi connectivity index (χ4v) is 1.81. The largest absolute Gasteiger partial charge is 0.416 e. The van der Waals surface area contributed by atoms with E-state index in [1.165, 1.54) is 0 Å². The number of halogens is 4. The van der Waals surface area contributed by atoms with Gasteiger partial charge in [-0.3, -0.25) is 4.98 Å². The number of nitrogens with one attached hydrogen (secondary N) is 2. The molecule has 0 spiro atoms. The minimum Gasteiger partial charge on any atom is -0.334 e. The summed E-state index contributed by atoms with van der Waals surface area (Å²) in [6.07, 6.45) is -1.37. The molecular formula is C14H11ClF3N3O. The number of aromatic nitrogens is 1. The van der Waals surface area contributed by atoms with Gasteiger partial charge in [0, 0.05) is 18.9 Å². The molecule has 2 N–H and O–H groups in total. The maximum atomic E-state index is 12.6. The van der Waals surface area contributed by atoms with E-state index in [2.05, 4.69) is 15.6 Å². The van der Waals surface area contributed by atoms with E-state index in [-0.39, 0.29) is 17.3 Å². The van der Waals surface area contributed by atoms with Crippen LogP contribution in [0.4, 0.5) is 23.7 Å². The molecular weight excluding hydrogens is 319 g/mol. The highest BCUT2D eigenvalue weighted by Crippen LogP contribution is 2.33. The molecule has 0 bridgehead atoms. The number of benzene rings is 1. The molecule has 0 atom stereocenters. The Kier molecular flexibility index (Phi) is 4.87. The standard InChI is InChI=1S/C14H11ClF3N3O/c15-11-2-1-10(14(16,17)18)7-12(11)21-13(22)20-8-9-3-5-19-6-4-9/h1-7H,8H2,(H2,20,21,22). The van der Waals surface area contributed by atoms with Crippen molar-refractivity contribution >= 4 is 23.3 Å². The van der Waals surface area contributed by atoms with Crippen molar-refractivity contribution in [3.05, 3.63) is 58.9 Å². The lowest BCUT2D eigenvalue weighted by atomic mass is 10.2. The zero-order chi connectivity index (χ0) is 16.2. The van der Waals surface area contributed by atoms with Crippen LogP contribution < -0.4 is 10.6 Å². The van der Waals surface area contributed by atoms with Crippen LogP contribution in [0.15, 0.2) is 42.7 Å². The molecule has 8 heteroatoms. The Hall–Kier alpha value is -2.28. The Morgan fingerprint density at radius 1 is 1.18 bits per heavy atom. The van der Waals surface area contributed by atoms with Crippen molar-refractivity contribution in [2.24, 2.45) is 0 Å². The first-order valence-corrected chi connectivity index (χ1v) is 6.54. The minimum atomic E-state index is -4.51. The van der Waals surface area contributed by atoms with Gasteiger partial charge in [0.25, 0.3) is 0 Å². The number of hydrogen-bond donors (Lipinski definition) is 2. The van der Waals surface area contributed by atoms with E-state index in [0.717, 1.165) is 23.8 Å². The second-order valence-electron chi connectivity index (χ2n) is 4.36. The summed E-state index contributed by atoms with van der Waals surface area (Å²) in [6.45, 7) is 0.213. The van der Waals surface area contributed by atoms with Gasteiger partial charge in [-0.05, 0) is 35.9 Å². The van der Waals surface area contributed by atoms with Crippen LogP contribution >= 0.6 is 11.6 Å². The van der Waals surface area contributed by atoms with E-state index in [4.69, 9.17) is 11.6 Å². The quantitative estimate of drug-likeness (QED) is 0.891. The van der Waals surface area contributed by atoms with Crippen LogP contribution in [0.5, 0.6) is 0 Å². The Balaban J connectivity index is 2.02. The first kappa shape index (κ1) is 16.1. The van der Waals surface area contributed by atoms with Crippen LogP contribution in [0.25, 0.3) is 0 Å². The lowest BCUT2D eigenvalue weighted by Gasteiger charge is -2.12. The fraction of sp³-hybridized carbons (Fsp3) is 0.143. The second-order valence-corrected chi connectivity index (χ2v) is 4.76. The number of carbonyl (C=O) groups is 1. The monoisotopic (exact) mass is 329 g/mol. The summed E-state index contributed by atoms with van der Waals surface area (Å²) in [4.78, 5) is 15.6. The molecule has 0 unspecified atom stereocenters. The average molecular weight is 330 g/mol. The SMILES string of the molecule is O=C(NCc1ccncc1)Nc1cc(C(F)(F)F)ccc1Cl. The van der Waals surface area contributed by atoms with Crippen LogP contribution in [0.1, 0.15) is 11.1 Å². The molecule has 1 aromatic heterocycles. The minimum absolute atomic E-state index is 0.0204. The molecule has 0 saturated carbocycles. The van der Waals surface area contributed by atoms with E-state index >= 15 is 0 Å². The van der Waals surface area contributed by atoms with Gasteiger partial charge >= 0.3 is 12.2 Å².